The second-order valence-corrected chi connectivity index (χ2v) is 8.24. The number of ether oxygens (including phenoxy) is 1. The first-order valence-corrected chi connectivity index (χ1v) is 11.5. The molecule has 2 aromatic rings. The third kappa shape index (κ3) is 5.68. The molecule has 2 aromatic carbocycles. The van der Waals surface area contributed by atoms with Crippen LogP contribution in [0.15, 0.2) is 47.5 Å². The van der Waals surface area contributed by atoms with Gasteiger partial charge in [-0.25, -0.2) is 0 Å². The Hall–Kier alpha value is -2.86. The molecule has 0 saturated carbocycles. The first-order chi connectivity index (χ1) is 15.5. The van der Waals surface area contributed by atoms with Crippen LogP contribution in [-0.2, 0) is 11.3 Å². The van der Waals surface area contributed by atoms with Gasteiger partial charge < -0.3 is 19.9 Å². The zero-order valence-electron chi connectivity index (χ0n) is 20.0. The lowest BCUT2D eigenvalue weighted by molar-refractivity contribution is -0.00834. The summed E-state index contributed by atoms with van der Waals surface area (Å²) < 4.78 is 6.09. The molecule has 1 unspecified atom stereocenters. The molecule has 6 nitrogen and oxygen atoms in total. The van der Waals surface area contributed by atoms with Crippen molar-refractivity contribution in [2.75, 3.05) is 39.8 Å². The minimum atomic E-state index is 0.0354. The normalized spacial score (nSPS) is 16.7. The lowest BCUT2D eigenvalue weighted by Gasteiger charge is -2.36. The van der Waals surface area contributed by atoms with E-state index in [-0.39, 0.29) is 12.0 Å². The zero-order chi connectivity index (χ0) is 23.1. The Kier molecular flexibility index (Phi) is 8.28. The van der Waals surface area contributed by atoms with Gasteiger partial charge >= 0.3 is 0 Å². The van der Waals surface area contributed by atoms with Crippen LogP contribution in [0.1, 0.15) is 52.6 Å². The topological polar surface area (TPSA) is 57.2 Å². The van der Waals surface area contributed by atoms with E-state index < -0.39 is 0 Å². The number of carbonyl (C=O) groups is 1. The number of aryl methyl sites for hydroxylation is 2. The fourth-order valence-corrected chi connectivity index (χ4v) is 4.19. The Morgan fingerprint density at radius 1 is 1.16 bits per heavy atom. The van der Waals surface area contributed by atoms with Crippen molar-refractivity contribution in [3.05, 3.63) is 70.3 Å². The summed E-state index contributed by atoms with van der Waals surface area (Å²) in [6.07, 6.45) is 0.0354. The van der Waals surface area contributed by atoms with Crippen LogP contribution in [0, 0.1) is 13.8 Å². The standard InChI is InChI=1S/C26H36N4O2/c1-6-29(7-2)25(31)22-11-9-21(10-12-22)17-28-26(27-5)30-14-15-32-24(18-30)23-13-8-19(3)16-20(23)4/h8-13,16,24H,6-7,14-15,17-18H2,1-5H3,(H,27,28). The number of amides is 1. The Bertz CT molecular complexity index is 935. The van der Waals surface area contributed by atoms with E-state index >= 15 is 0 Å². The van der Waals surface area contributed by atoms with Gasteiger partial charge in [0.05, 0.1) is 13.2 Å². The van der Waals surface area contributed by atoms with Gasteiger partial charge in [-0.2, -0.15) is 0 Å². The van der Waals surface area contributed by atoms with Crippen LogP contribution in [0.4, 0.5) is 0 Å². The maximum atomic E-state index is 12.5. The fraction of sp³-hybridized carbons (Fsp3) is 0.462. The lowest BCUT2D eigenvalue weighted by atomic mass is 10.00. The predicted octanol–water partition coefficient (Wildman–Crippen LogP) is 3.93. The average Bonchev–Trinajstić information content (AvgIpc) is 2.81. The van der Waals surface area contributed by atoms with E-state index in [1.807, 2.05) is 50.1 Å². The van der Waals surface area contributed by atoms with E-state index in [0.717, 1.165) is 43.3 Å². The van der Waals surface area contributed by atoms with E-state index in [4.69, 9.17) is 4.74 Å². The number of carbonyl (C=O) groups excluding carboxylic acids is 1. The third-order valence-electron chi connectivity index (χ3n) is 6.05. The molecule has 0 aromatic heterocycles. The quantitative estimate of drug-likeness (QED) is 0.551. The Labute approximate surface area is 192 Å². The van der Waals surface area contributed by atoms with Crippen molar-refractivity contribution >= 4 is 11.9 Å². The SMILES string of the molecule is CCN(CC)C(=O)c1ccc(CNC(=NC)N2CCOC(c3ccc(C)cc3C)C2)cc1. The van der Waals surface area contributed by atoms with Crippen molar-refractivity contribution in [3.8, 4) is 0 Å². The molecular formula is C26H36N4O2. The highest BCUT2D eigenvalue weighted by Gasteiger charge is 2.25. The van der Waals surface area contributed by atoms with Gasteiger partial charge in [0, 0.05) is 38.8 Å². The molecule has 1 heterocycles. The second kappa shape index (κ2) is 11.1. The molecule has 1 aliphatic heterocycles. The summed E-state index contributed by atoms with van der Waals surface area (Å²) in [5, 5.41) is 3.47. The maximum absolute atomic E-state index is 12.5. The summed E-state index contributed by atoms with van der Waals surface area (Å²) in [7, 11) is 1.82. The second-order valence-electron chi connectivity index (χ2n) is 8.24. The Balaban J connectivity index is 1.61. The summed E-state index contributed by atoms with van der Waals surface area (Å²) in [4.78, 5) is 21.1. The van der Waals surface area contributed by atoms with Crippen molar-refractivity contribution in [2.45, 2.75) is 40.3 Å². The van der Waals surface area contributed by atoms with Gasteiger partial charge in [0.2, 0.25) is 0 Å². The summed E-state index contributed by atoms with van der Waals surface area (Å²) in [6.45, 7) is 12.6. The molecule has 3 rings (SSSR count). The number of benzene rings is 2. The number of guanidine groups is 1. The van der Waals surface area contributed by atoms with Gasteiger partial charge in [-0.3, -0.25) is 9.79 Å². The number of morpholine rings is 1. The fourth-order valence-electron chi connectivity index (χ4n) is 4.19. The highest BCUT2D eigenvalue weighted by molar-refractivity contribution is 5.94. The summed E-state index contributed by atoms with van der Waals surface area (Å²) in [5.74, 6) is 0.947. The monoisotopic (exact) mass is 436 g/mol. The molecule has 32 heavy (non-hydrogen) atoms. The molecule has 6 heteroatoms. The molecule has 1 amide bonds. The van der Waals surface area contributed by atoms with Crippen LogP contribution < -0.4 is 5.32 Å². The summed E-state index contributed by atoms with van der Waals surface area (Å²) >= 11 is 0. The van der Waals surface area contributed by atoms with Crippen molar-refractivity contribution in [1.82, 2.24) is 15.1 Å². The van der Waals surface area contributed by atoms with Gasteiger partial charge in [-0.15, -0.1) is 0 Å². The van der Waals surface area contributed by atoms with Crippen molar-refractivity contribution in [3.63, 3.8) is 0 Å². The predicted molar refractivity (Wildman–Crippen MR) is 130 cm³/mol. The van der Waals surface area contributed by atoms with Crippen molar-refractivity contribution in [2.24, 2.45) is 4.99 Å². The first-order valence-electron chi connectivity index (χ1n) is 11.5. The van der Waals surface area contributed by atoms with E-state index in [1.54, 1.807) is 0 Å². The number of hydrogen-bond acceptors (Lipinski definition) is 3. The van der Waals surface area contributed by atoms with Gasteiger partial charge in [0.15, 0.2) is 5.96 Å². The number of nitrogens with zero attached hydrogens (tertiary/aromatic N) is 3. The van der Waals surface area contributed by atoms with Crippen LogP contribution >= 0.6 is 0 Å². The minimum Gasteiger partial charge on any atom is -0.370 e. The molecular weight excluding hydrogens is 400 g/mol. The van der Waals surface area contributed by atoms with Gasteiger partial charge in [0.25, 0.3) is 5.91 Å². The molecule has 172 valence electrons. The van der Waals surface area contributed by atoms with E-state index in [1.165, 1.54) is 16.7 Å². The molecule has 1 N–H and O–H groups in total. The van der Waals surface area contributed by atoms with Gasteiger partial charge in [0.1, 0.15) is 6.10 Å². The van der Waals surface area contributed by atoms with E-state index in [2.05, 4.69) is 47.3 Å². The third-order valence-corrected chi connectivity index (χ3v) is 6.05. The highest BCUT2D eigenvalue weighted by Crippen LogP contribution is 2.26. The van der Waals surface area contributed by atoms with Gasteiger partial charge in [-0.1, -0.05) is 35.9 Å². The molecule has 1 fully saturated rings. The van der Waals surface area contributed by atoms with Crippen LogP contribution in [0.3, 0.4) is 0 Å². The summed E-state index contributed by atoms with van der Waals surface area (Å²) in [5.41, 5.74) is 5.61. The minimum absolute atomic E-state index is 0.0354. The van der Waals surface area contributed by atoms with Crippen molar-refractivity contribution < 1.29 is 9.53 Å². The van der Waals surface area contributed by atoms with Crippen LogP contribution in [0.2, 0.25) is 0 Å². The number of nitrogens with one attached hydrogen (secondary N) is 1. The number of hydrogen-bond donors (Lipinski definition) is 1. The summed E-state index contributed by atoms with van der Waals surface area (Å²) in [6, 6.07) is 14.4. The van der Waals surface area contributed by atoms with Crippen LogP contribution in [0.5, 0.6) is 0 Å². The molecule has 0 aliphatic carbocycles. The smallest absolute Gasteiger partial charge is 0.253 e. The van der Waals surface area contributed by atoms with E-state index in [9.17, 15) is 4.79 Å². The molecule has 0 bridgehead atoms. The number of rotatable bonds is 6. The molecule has 0 spiro atoms. The lowest BCUT2D eigenvalue weighted by Crippen LogP contribution is -2.48. The zero-order valence-corrected chi connectivity index (χ0v) is 20.0. The Morgan fingerprint density at radius 3 is 2.50 bits per heavy atom. The number of aliphatic imine (C=N–C) groups is 1. The largest absolute Gasteiger partial charge is 0.370 e. The molecule has 0 radical (unpaired) electrons. The highest BCUT2D eigenvalue weighted by atomic mass is 16.5. The molecule has 1 atom stereocenters. The van der Waals surface area contributed by atoms with Crippen LogP contribution in [-0.4, -0.2) is 61.5 Å². The molecule has 1 saturated heterocycles. The maximum Gasteiger partial charge on any atom is 0.253 e. The van der Waals surface area contributed by atoms with E-state index in [0.29, 0.717) is 13.2 Å². The first kappa shape index (κ1) is 23.8. The van der Waals surface area contributed by atoms with Crippen molar-refractivity contribution in [1.29, 1.82) is 0 Å². The van der Waals surface area contributed by atoms with Gasteiger partial charge in [-0.05, 0) is 56.5 Å². The Morgan fingerprint density at radius 2 is 1.88 bits per heavy atom. The molecule has 1 aliphatic rings. The van der Waals surface area contributed by atoms with Crippen LogP contribution in [0.25, 0.3) is 0 Å². The average molecular weight is 437 g/mol.